The first-order valence-electron chi connectivity index (χ1n) is 12.2. The van der Waals surface area contributed by atoms with Gasteiger partial charge in [0.25, 0.3) is 0 Å². The van der Waals surface area contributed by atoms with E-state index < -0.39 is 0 Å². The van der Waals surface area contributed by atoms with E-state index >= 15 is 0 Å². The Morgan fingerprint density at radius 3 is 2.57 bits per heavy atom. The number of nitrogens with one attached hydrogen (secondary N) is 1. The van der Waals surface area contributed by atoms with Gasteiger partial charge in [-0.05, 0) is 54.4 Å². The van der Waals surface area contributed by atoms with Crippen molar-refractivity contribution in [3.63, 3.8) is 0 Å². The number of carbonyl (C=O) groups is 1. The Bertz CT molecular complexity index is 1150. The number of piperazine rings is 1. The Kier molecular flexibility index (Phi) is 6.75. The molecule has 7 heteroatoms. The Balaban J connectivity index is 1.36. The van der Waals surface area contributed by atoms with Gasteiger partial charge in [0.05, 0.1) is 26.2 Å². The number of fused-ring (bicyclic) bond motifs is 3. The molecule has 2 aliphatic rings. The monoisotopic (exact) mass is 472 g/mol. The van der Waals surface area contributed by atoms with Crippen molar-refractivity contribution in [1.82, 2.24) is 10.3 Å². The van der Waals surface area contributed by atoms with Crippen LogP contribution in [-0.2, 0) is 17.6 Å². The quantitative estimate of drug-likeness (QED) is 0.569. The van der Waals surface area contributed by atoms with Crippen LogP contribution in [0.2, 0.25) is 0 Å². The van der Waals surface area contributed by atoms with Crippen LogP contribution in [0.15, 0.2) is 66.9 Å². The van der Waals surface area contributed by atoms with Crippen molar-refractivity contribution in [2.45, 2.75) is 18.9 Å². The average Bonchev–Trinajstić information content (AvgIpc) is 2.92. The Hall–Kier alpha value is -3.74. The highest BCUT2D eigenvalue weighted by molar-refractivity contribution is 5.82. The van der Waals surface area contributed by atoms with Crippen molar-refractivity contribution >= 4 is 17.3 Å². The molecule has 7 nitrogen and oxygen atoms in total. The van der Waals surface area contributed by atoms with E-state index in [0.717, 1.165) is 48.9 Å². The minimum Gasteiger partial charge on any atom is -0.497 e. The molecule has 0 unspecified atom stereocenters. The molecular weight excluding hydrogens is 440 g/mol. The number of amides is 1. The van der Waals surface area contributed by atoms with E-state index in [0.29, 0.717) is 13.0 Å². The smallest absolute Gasteiger partial charge is 0.225 e. The van der Waals surface area contributed by atoms with E-state index in [-0.39, 0.29) is 17.9 Å². The minimum atomic E-state index is -0.138. The maximum Gasteiger partial charge on any atom is 0.225 e. The van der Waals surface area contributed by atoms with Gasteiger partial charge in [0.2, 0.25) is 5.91 Å². The van der Waals surface area contributed by atoms with Gasteiger partial charge in [-0.1, -0.05) is 12.1 Å². The topological polar surface area (TPSA) is 66.9 Å². The van der Waals surface area contributed by atoms with E-state index in [1.54, 1.807) is 20.4 Å². The van der Waals surface area contributed by atoms with Gasteiger partial charge < -0.3 is 24.6 Å². The molecule has 3 heterocycles. The summed E-state index contributed by atoms with van der Waals surface area (Å²) in [5.41, 5.74) is 4.51. The van der Waals surface area contributed by atoms with Crippen molar-refractivity contribution in [2.24, 2.45) is 5.92 Å². The maximum absolute atomic E-state index is 13.5. The highest BCUT2D eigenvalue weighted by Crippen LogP contribution is 2.39. The maximum atomic E-state index is 13.5. The number of nitrogens with zero attached hydrogens (tertiary/aromatic N) is 3. The van der Waals surface area contributed by atoms with Crippen LogP contribution in [0, 0.1) is 5.92 Å². The lowest BCUT2D eigenvalue weighted by molar-refractivity contribution is -0.125. The summed E-state index contributed by atoms with van der Waals surface area (Å²) < 4.78 is 10.8. The van der Waals surface area contributed by atoms with Crippen LogP contribution in [-0.4, -0.2) is 57.3 Å². The van der Waals surface area contributed by atoms with Gasteiger partial charge in [-0.25, -0.2) is 0 Å². The van der Waals surface area contributed by atoms with Crippen molar-refractivity contribution in [3.8, 4) is 11.5 Å². The third-order valence-corrected chi connectivity index (χ3v) is 7.11. The van der Waals surface area contributed by atoms with Gasteiger partial charge in [-0.3, -0.25) is 9.78 Å². The Morgan fingerprint density at radius 1 is 1.03 bits per heavy atom. The molecule has 3 aromatic rings. The molecule has 0 bridgehead atoms. The van der Waals surface area contributed by atoms with E-state index in [1.165, 1.54) is 11.3 Å². The molecule has 1 aromatic heterocycles. The fourth-order valence-corrected chi connectivity index (χ4v) is 5.22. The molecule has 1 N–H and O–H groups in total. The van der Waals surface area contributed by atoms with Gasteiger partial charge in [0, 0.05) is 61.9 Å². The summed E-state index contributed by atoms with van der Waals surface area (Å²) in [6, 6.07) is 20.3. The lowest BCUT2D eigenvalue weighted by atomic mass is 9.83. The molecular formula is C28H32N4O3. The summed E-state index contributed by atoms with van der Waals surface area (Å²) in [6.45, 7) is 3.08. The number of hydrogen-bond acceptors (Lipinski definition) is 6. The third kappa shape index (κ3) is 4.90. The molecule has 0 saturated carbocycles. The van der Waals surface area contributed by atoms with E-state index in [2.05, 4.69) is 44.4 Å². The molecule has 2 atom stereocenters. The van der Waals surface area contributed by atoms with E-state index in [4.69, 9.17) is 9.47 Å². The second kappa shape index (κ2) is 10.3. The molecule has 5 rings (SSSR count). The number of aromatic nitrogens is 1. The molecule has 2 aromatic carbocycles. The number of ether oxygens (including phenoxy) is 2. The van der Waals surface area contributed by atoms with Crippen molar-refractivity contribution in [2.75, 3.05) is 50.2 Å². The molecule has 182 valence electrons. The van der Waals surface area contributed by atoms with Gasteiger partial charge in [0.1, 0.15) is 11.5 Å². The standard InChI is InChI=1S/C28H32N4O3/c1-34-23-10-7-22(8-11-23)31-15-16-32-26-18-24(35-2)9-6-20(26)17-25(27(32)19-31)28(33)30-14-12-21-5-3-4-13-29-21/h3-11,13,18,25,27H,12,14-17,19H2,1-2H3,(H,30,33)/t25-,27+/m0/s1. The van der Waals surface area contributed by atoms with Crippen LogP contribution in [0.5, 0.6) is 11.5 Å². The molecule has 35 heavy (non-hydrogen) atoms. The van der Waals surface area contributed by atoms with Crippen molar-refractivity contribution in [3.05, 3.63) is 78.1 Å². The summed E-state index contributed by atoms with van der Waals surface area (Å²) in [7, 11) is 3.38. The van der Waals surface area contributed by atoms with Gasteiger partial charge in [0.15, 0.2) is 0 Å². The zero-order valence-electron chi connectivity index (χ0n) is 20.3. The number of rotatable bonds is 7. The fourth-order valence-electron chi connectivity index (χ4n) is 5.22. The first-order chi connectivity index (χ1) is 17.2. The normalized spacial score (nSPS) is 18.9. The zero-order chi connectivity index (χ0) is 24.2. The summed E-state index contributed by atoms with van der Waals surface area (Å²) >= 11 is 0. The highest BCUT2D eigenvalue weighted by Gasteiger charge is 2.41. The van der Waals surface area contributed by atoms with Gasteiger partial charge in [-0.15, -0.1) is 0 Å². The molecule has 1 amide bonds. The Morgan fingerprint density at radius 2 is 1.83 bits per heavy atom. The lowest BCUT2D eigenvalue weighted by Gasteiger charge is -2.49. The molecule has 1 saturated heterocycles. The summed E-state index contributed by atoms with van der Waals surface area (Å²) in [4.78, 5) is 22.6. The minimum absolute atomic E-state index is 0.0697. The SMILES string of the molecule is COc1ccc(N2CCN3c4cc(OC)ccc4C[C@H](C(=O)NCCc4ccccn4)[C@H]3C2)cc1. The number of carbonyl (C=O) groups excluding carboxylic acids is 1. The van der Waals surface area contributed by atoms with Crippen LogP contribution in [0.4, 0.5) is 11.4 Å². The fraction of sp³-hybridized carbons (Fsp3) is 0.357. The second-order valence-corrected chi connectivity index (χ2v) is 9.07. The average molecular weight is 473 g/mol. The van der Waals surface area contributed by atoms with Gasteiger partial charge in [-0.2, -0.15) is 0 Å². The highest BCUT2D eigenvalue weighted by atomic mass is 16.5. The number of hydrogen-bond donors (Lipinski definition) is 1. The lowest BCUT2D eigenvalue weighted by Crippen LogP contribution is -2.61. The summed E-state index contributed by atoms with van der Waals surface area (Å²) in [6.07, 6.45) is 3.23. The molecule has 2 aliphatic heterocycles. The number of methoxy groups -OCH3 is 2. The van der Waals surface area contributed by atoms with Gasteiger partial charge >= 0.3 is 0 Å². The summed E-state index contributed by atoms with van der Waals surface area (Å²) in [5, 5.41) is 3.19. The molecule has 0 radical (unpaired) electrons. The molecule has 0 aliphatic carbocycles. The van der Waals surface area contributed by atoms with Crippen molar-refractivity contribution in [1.29, 1.82) is 0 Å². The zero-order valence-corrected chi connectivity index (χ0v) is 20.3. The van der Waals surface area contributed by atoms with Crippen LogP contribution in [0.25, 0.3) is 0 Å². The van der Waals surface area contributed by atoms with E-state index in [1.807, 2.05) is 36.4 Å². The third-order valence-electron chi connectivity index (χ3n) is 7.11. The number of anilines is 2. The van der Waals surface area contributed by atoms with Crippen LogP contribution in [0.1, 0.15) is 11.3 Å². The van der Waals surface area contributed by atoms with Crippen LogP contribution < -0.4 is 24.6 Å². The molecule has 0 spiro atoms. The van der Waals surface area contributed by atoms with Crippen LogP contribution >= 0.6 is 0 Å². The predicted molar refractivity (Wildman–Crippen MR) is 137 cm³/mol. The summed E-state index contributed by atoms with van der Waals surface area (Å²) in [5.74, 6) is 1.66. The predicted octanol–water partition coefficient (Wildman–Crippen LogP) is 3.33. The number of benzene rings is 2. The van der Waals surface area contributed by atoms with E-state index in [9.17, 15) is 4.79 Å². The van der Waals surface area contributed by atoms with Crippen LogP contribution in [0.3, 0.4) is 0 Å². The largest absolute Gasteiger partial charge is 0.497 e. The first kappa shape index (κ1) is 23.0. The second-order valence-electron chi connectivity index (χ2n) is 9.07. The molecule has 1 fully saturated rings. The van der Waals surface area contributed by atoms with Crippen molar-refractivity contribution < 1.29 is 14.3 Å². The Labute approximate surface area is 206 Å². The first-order valence-corrected chi connectivity index (χ1v) is 12.2. The number of pyridine rings is 1.